The number of carbonyl (C=O) groups excluding carboxylic acids is 10. The molecule has 3 saturated heterocycles. The Morgan fingerprint density at radius 3 is 1.11 bits per heavy atom. The smallest absolute Gasteiger partial charge is 0.271 e. The number of rotatable bonds is 14. The summed E-state index contributed by atoms with van der Waals surface area (Å²) in [5, 5.41) is 22.4. The van der Waals surface area contributed by atoms with Crippen molar-refractivity contribution in [3.63, 3.8) is 0 Å². The van der Waals surface area contributed by atoms with E-state index in [4.69, 9.17) is 11.5 Å². The van der Waals surface area contributed by atoms with Crippen LogP contribution in [0.25, 0.3) is 12.2 Å². The van der Waals surface area contributed by atoms with Gasteiger partial charge in [-0.2, -0.15) is 0 Å². The second-order valence-corrected chi connectivity index (χ2v) is 23.1. The zero-order chi connectivity index (χ0) is 60.2. The summed E-state index contributed by atoms with van der Waals surface area (Å²) in [6.07, 6.45) is 5.10. The minimum absolute atomic E-state index is 0.0575. The van der Waals surface area contributed by atoms with Crippen molar-refractivity contribution < 1.29 is 47.9 Å². The van der Waals surface area contributed by atoms with E-state index in [0.29, 0.717) is 24.0 Å². The highest BCUT2D eigenvalue weighted by Crippen LogP contribution is 2.24. The summed E-state index contributed by atoms with van der Waals surface area (Å²) in [4.78, 5) is 148. The predicted molar refractivity (Wildman–Crippen MR) is 311 cm³/mol. The van der Waals surface area contributed by atoms with E-state index in [1.807, 2.05) is 27.7 Å². The molecule has 0 unspecified atom stereocenters. The van der Waals surface area contributed by atoms with Gasteiger partial charge in [0.05, 0.1) is 0 Å². The molecule has 12 N–H and O–H groups in total. The van der Waals surface area contributed by atoms with E-state index in [9.17, 15) is 47.9 Å². The van der Waals surface area contributed by atoms with Crippen LogP contribution in [0.2, 0.25) is 0 Å². The van der Waals surface area contributed by atoms with Gasteiger partial charge in [0.15, 0.2) is 0 Å². The molecule has 2 aromatic rings. The van der Waals surface area contributed by atoms with Crippen LogP contribution in [0.4, 0.5) is 0 Å². The van der Waals surface area contributed by atoms with Crippen LogP contribution in [-0.4, -0.2) is 143 Å². The van der Waals surface area contributed by atoms with Gasteiger partial charge >= 0.3 is 0 Å². The number of hydrogen-bond donors (Lipinski definition) is 10. The Kier molecular flexibility index (Phi) is 25.2. The summed E-state index contributed by atoms with van der Waals surface area (Å²) in [7, 11) is 0. The molecule has 0 radical (unpaired) electrons. The lowest BCUT2D eigenvalue weighted by Crippen LogP contribution is -2.60. The molecule has 22 nitrogen and oxygen atoms in total. The molecule has 3 fully saturated rings. The number of nitrogens with one attached hydrogen (secondary N) is 8. The first-order valence-corrected chi connectivity index (χ1v) is 29.0. The maximum Gasteiger partial charge on any atom is 0.271 e. The fraction of sp³-hybridized carbons (Fsp3) is 0.567. The summed E-state index contributed by atoms with van der Waals surface area (Å²) in [6, 6.07) is 7.90. The molecule has 2 aromatic carbocycles. The lowest BCUT2D eigenvalue weighted by Gasteiger charge is -2.31. The molecule has 3 heterocycles. The van der Waals surface area contributed by atoms with Gasteiger partial charge < -0.3 is 63.8 Å². The summed E-state index contributed by atoms with van der Waals surface area (Å²) in [6.45, 7) is 14.8. The van der Waals surface area contributed by atoms with Crippen LogP contribution in [0, 0.1) is 23.7 Å². The first kappa shape index (κ1) is 65.4. The van der Waals surface area contributed by atoms with Crippen molar-refractivity contribution in [2.75, 3.05) is 26.2 Å². The summed E-state index contributed by atoms with van der Waals surface area (Å²) >= 11 is 0. The van der Waals surface area contributed by atoms with Gasteiger partial charge in [-0.15, -0.1) is 0 Å². The first-order valence-electron chi connectivity index (χ1n) is 29.0. The molecule has 5 rings (SSSR count). The van der Waals surface area contributed by atoms with E-state index < -0.39 is 119 Å². The van der Waals surface area contributed by atoms with E-state index in [1.165, 1.54) is 22.0 Å². The third kappa shape index (κ3) is 18.8. The molecule has 0 aliphatic carbocycles. The normalized spacial score (nSPS) is 25.8. The minimum atomic E-state index is -1.24. The molecule has 3 aliphatic heterocycles. The zero-order valence-electron chi connectivity index (χ0n) is 48.9. The van der Waals surface area contributed by atoms with Crippen LogP contribution in [0.1, 0.15) is 131 Å². The quantitative estimate of drug-likeness (QED) is 0.122. The Hall–Kier alpha value is -7.46. The molecule has 0 saturated carbocycles. The number of carbonyl (C=O) groups is 10. The van der Waals surface area contributed by atoms with Gasteiger partial charge in [-0.3, -0.25) is 47.9 Å². The van der Waals surface area contributed by atoms with Gasteiger partial charge in [-0.05, 0) is 124 Å². The van der Waals surface area contributed by atoms with E-state index in [0.717, 1.165) is 0 Å². The molecule has 22 heteroatoms. The second-order valence-electron chi connectivity index (χ2n) is 23.1. The molecule has 82 heavy (non-hydrogen) atoms. The van der Waals surface area contributed by atoms with Crippen molar-refractivity contribution in [3.8, 4) is 0 Å². The molecule has 10 amide bonds. The van der Waals surface area contributed by atoms with Crippen LogP contribution in [0.3, 0.4) is 0 Å². The Morgan fingerprint density at radius 2 is 0.793 bits per heavy atom. The monoisotopic (exact) mass is 1140 g/mol. The lowest BCUT2D eigenvalue weighted by atomic mass is 10.00. The van der Waals surface area contributed by atoms with Gasteiger partial charge in [-0.25, -0.2) is 0 Å². The van der Waals surface area contributed by atoms with Crippen molar-refractivity contribution in [1.82, 2.24) is 52.3 Å². The van der Waals surface area contributed by atoms with Gasteiger partial charge in [0.2, 0.25) is 47.3 Å². The SMILES string of the molecule is CC(C)C[C@@H]1NC(=O)[C@H](CCCN)NC(=O)[C@H](C(C)C)NC(=O)[C@@H]2CCCN2C(=O)/C(=C\c2ccccc2)NC(=O)[C@H](CC(C)C)NC(=O)[C@H](CCCN)NC(=O)[C@H](C(C)C)NC(=O)[C@@H]2CCCN2C(=O)/C(=C\c2ccccc2)NC1=O. The molecular weight excluding hydrogens is 1050 g/mol. The second kappa shape index (κ2) is 31.7. The first-order chi connectivity index (χ1) is 39.0. The third-order valence-electron chi connectivity index (χ3n) is 14.7. The average Bonchev–Trinajstić information content (AvgIpc) is 4.16. The van der Waals surface area contributed by atoms with Crippen molar-refractivity contribution in [2.45, 2.75) is 168 Å². The van der Waals surface area contributed by atoms with Gasteiger partial charge in [-0.1, -0.05) is 116 Å². The Morgan fingerprint density at radius 1 is 0.451 bits per heavy atom. The average molecular weight is 1140 g/mol. The Balaban J connectivity index is 1.61. The number of nitrogens with zero attached hydrogens (tertiary/aromatic N) is 2. The van der Waals surface area contributed by atoms with Crippen molar-refractivity contribution in [2.24, 2.45) is 35.1 Å². The molecule has 0 aromatic heterocycles. The Bertz CT molecular complexity index is 2450. The minimum Gasteiger partial charge on any atom is -0.343 e. The number of nitrogens with two attached hydrogens (primary N) is 2. The number of fused-ring (bicyclic) bond motifs is 2. The fourth-order valence-electron chi connectivity index (χ4n) is 10.3. The molecule has 448 valence electrons. The zero-order valence-corrected chi connectivity index (χ0v) is 48.9. The standard InChI is InChI=1S/C60H88N12O10/c1-35(2)31-43-53(75)67-45(33-39-19-11-9-12-20-39)59(81)71-29-17-25-47(71)55(77)70-50(38(7)8)58(80)64-42(24-16-28-62)52(74)66-44(32-36(3)4)54(76)68-46(34-40-21-13-10-14-22-40)60(82)72-30-18-26-48(72)56(78)69-49(37(5)6)57(79)63-41(23-15-27-61)51(73)65-43/h9-14,19-22,33-38,41-44,47-50H,15-18,23-32,61-62H2,1-8H3,(H,63,79)(H,64,80)(H,65,73)(H,66,74)(H,67,75)(H,68,76)(H,69,78)(H,70,77)/b45-33+,46-34+/t41-,42-,43-,44-,47-,48-,49-,50-/m0/s1. The highest BCUT2D eigenvalue weighted by molar-refractivity contribution is 6.06. The summed E-state index contributed by atoms with van der Waals surface area (Å²) < 4.78 is 0. The molecule has 0 spiro atoms. The van der Waals surface area contributed by atoms with Crippen LogP contribution in [0.5, 0.6) is 0 Å². The van der Waals surface area contributed by atoms with Crippen molar-refractivity contribution in [1.29, 1.82) is 0 Å². The van der Waals surface area contributed by atoms with E-state index in [-0.39, 0.29) is 101 Å². The number of hydrogen-bond acceptors (Lipinski definition) is 12. The lowest BCUT2D eigenvalue weighted by molar-refractivity contribution is -0.139. The van der Waals surface area contributed by atoms with Gasteiger partial charge in [0.25, 0.3) is 11.8 Å². The third-order valence-corrected chi connectivity index (χ3v) is 14.7. The maximum absolute atomic E-state index is 14.8. The van der Waals surface area contributed by atoms with E-state index in [1.54, 1.807) is 88.4 Å². The predicted octanol–water partition coefficient (Wildman–Crippen LogP) is 2.09. The van der Waals surface area contributed by atoms with E-state index >= 15 is 0 Å². The molecule has 8 atom stereocenters. The van der Waals surface area contributed by atoms with Gasteiger partial charge in [0, 0.05) is 13.1 Å². The van der Waals surface area contributed by atoms with Crippen LogP contribution in [-0.2, 0) is 47.9 Å². The van der Waals surface area contributed by atoms with E-state index in [2.05, 4.69) is 42.5 Å². The largest absolute Gasteiger partial charge is 0.343 e. The topological polar surface area (TPSA) is 325 Å². The number of benzene rings is 2. The highest BCUT2D eigenvalue weighted by atomic mass is 16.2. The highest BCUT2D eigenvalue weighted by Gasteiger charge is 2.42. The van der Waals surface area contributed by atoms with Crippen molar-refractivity contribution in [3.05, 3.63) is 83.2 Å². The van der Waals surface area contributed by atoms with Crippen LogP contribution in [0.15, 0.2) is 72.1 Å². The maximum atomic E-state index is 14.8. The van der Waals surface area contributed by atoms with Crippen LogP contribution < -0.4 is 54.0 Å². The molecule has 3 aliphatic rings. The summed E-state index contributed by atoms with van der Waals surface area (Å²) in [5.41, 5.74) is 12.5. The Labute approximate surface area is 482 Å². The van der Waals surface area contributed by atoms with Crippen LogP contribution >= 0.6 is 0 Å². The fourth-order valence-corrected chi connectivity index (χ4v) is 10.3. The summed E-state index contributed by atoms with van der Waals surface area (Å²) in [5.74, 6) is -8.42. The van der Waals surface area contributed by atoms with Crippen molar-refractivity contribution >= 4 is 71.2 Å². The number of amides is 10. The van der Waals surface area contributed by atoms with Gasteiger partial charge in [0.1, 0.15) is 59.7 Å². The molecular formula is C60H88N12O10. The molecule has 0 bridgehead atoms.